The predicted molar refractivity (Wildman–Crippen MR) is 100 cm³/mol. The number of carbonyl (C=O) groups is 1. The smallest absolute Gasteiger partial charge is 0.277 e. The lowest BCUT2D eigenvalue weighted by atomic mass is 10.2. The fraction of sp³-hybridized carbons (Fsp3) is 0.118. The second-order valence-corrected chi connectivity index (χ2v) is 6.98. The number of halogens is 2. The third-order valence-electron chi connectivity index (χ3n) is 3.30. The van der Waals surface area contributed by atoms with Crippen LogP contribution < -0.4 is 5.32 Å². The molecule has 3 aromatic rings. The van der Waals surface area contributed by atoms with Gasteiger partial charge in [-0.05, 0) is 48.9 Å². The third-order valence-corrected chi connectivity index (χ3v) is 4.60. The van der Waals surface area contributed by atoms with Crippen molar-refractivity contribution in [2.75, 3.05) is 11.1 Å². The van der Waals surface area contributed by atoms with E-state index in [0.29, 0.717) is 26.8 Å². The number of nitrogens with zero attached hydrogens (tertiary/aromatic N) is 2. The summed E-state index contributed by atoms with van der Waals surface area (Å²) in [6.07, 6.45) is 0. The minimum Gasteiger partial charge on any atom is -0.411 e. The highest BCUT2D eigenvalue weighted by Gasteiger charge is 2.12. The van der Waals surface area contributed by atoms with Gasteiger partial charge in [0, 0.05) is 21.3 Å². The summed E-state index contributed by atoms with van der Waals surface area (Å²) in [5, 5.41) is 12.2. The quantitative estimate of drug-likeness (QED) is 0.611. The first-order valence-electron chi connectivity index (χ1n) is 7.29. The van der Waals surface area contributed by atoms with Crippen LogP contribution in [0.1, 0.15) is 5.56 Å². The molecule has 1 N–H and O–H groups in total. The van der Waals surface area contributed by atoms with Crippen LogP contribution in [-0.2, 0) is 4.79 Å². The maximum atomic E-state index is 12.1. The Morgan fingerprint density at radius 1 is 1.12 bits per heavy atom. The Kier molecular flexibility index (Phi) is 5.63. The van der Waals surface area contributed by atoms with Gasteiger partial charge in [-0.1, -0.05) is 41.0 Å². The van der Waals surface area contributed by atoms with E-state index in [2.05, 4.69) is 15.5 Å². The maximum absolute atomic E-state index is 12.1. The molecule has 8 heteroatoms. The Hall–Kier alpha value is -2.02. The van der Waals surface area contributed by atoms with E-state index in [9.17, 15) is 4.79 Å². The second-order valence-electron chi connectivity index (χ2n) is 5.18. The molecule has 0 saturated carbocycles. The lowest BCUT2D eigenvalue weighted by Gasteiger charge is -2.07. The van der Waals surface area contributed by atoms with E-state index in [1.165, 1.54) is 11.8 Å². The number of hydrogen-bond donors (Lipinski definition) is 1. The summed E-state index contributed by atoms with van der Waals surface area (Å²) >= 11 is 13.0. The summed E-state index contributed by atoms with van der Waals surface area (Å²) in [6, 6.07) is 12.4. The first-order valence-corrected chi connectivity index (χ1v) is 9.03. The van der Waals surface area contributed by atoms with Gasteiger partial charge in [0.25, 0.3) is 5.22 Å². The highest BCUT2D eigenvalue weighted by molar-refractivity contribution is 7.99. The molecule has 0 aliphatic heterocycles. The molecule has 1 aromatic heterocycles. The van der Waals surface area contributed by atoms with Gasteiger partial charge in [0.05, 0.1) is 5.75 Å². The van der Waals surface area contributed by atoms with Crippen LogP contribution in [0.25, 0.3) is 11.5 Å². The van der Waals surface area contributed by atoms with Gasteiger partial charge in [-0.3, -0.25) is 4.79 Å². The molecule has 0 aliphatic rings. The zero-order valence-electron chi connectivity index (χ0n) is 13.1. The molecule has 25 heavy (non-hydrogen) atoms. The molecule has 2 aromatic carbocycles. The zero-order valence-corrected chi connectivity index (χ0v) is 15.5. The van der Waals surface area contributed by atoms with Crippen molar-refractivity contribution >= 4 is 46.6 Å². The molecule has 0 saturated heterocycles. The van der Waals surface area contributed by atoms with Gasteiger partial charge in [0.2, 0.25) is 11.8 Å². The van der Waals surface area contributed by atoms with Gasteiger partial charge in [-0.25, -0.2) is 0 Å². The van der Waals surface area contributed by atoms with Crippen LogP contribution >= 0.6 is 35.0 Å². The van der Waals surface area contributed by atoms with Crippen molar-refractivity contribution in [1.82, 2.24) is 10.2 Å². The lowest BCUT2D eigenvalue weighted by Crippen LogP contribution is -2.14. The standard InChI is InChI=1S/C17H13Cl2N3O2S/c1-10-2-5-13(19)8-14(10)20-15(23)9-25-17-22-21-16(24-17)11-3-6-12(18)7-4-11/h2-8H,9H2,1H3,(H,20,23). The fourth-order valence-corrected chi connectivity index (χ4v) is 2.88. The molecule has 0 spiro atoms. The summed E-state index contributed by atoms with van der Waals surface area (Å²) in [5.74, 6) is 0.348. The number of amides is 1. The number of aromatic nitrogens is 2. The minimum atomic E-state index is -0.179. The number of thioether (sulfide) groups is 1. The van der Waals surface area contributed by atoms with E-state index in [1.807, 2.05) is 13.0 Å². The molecule has 0 unspecified atom stereocenters. The number of aryl methyl sites for hydroxylation is 1. The van der Waals surface area contributed by atoms with Gasteiger partial charge >= 0.3 is 0 Å². The Morgan fingerprint density at radius 2 is 1.84 bits per heavy atom. The lowest BCUT2D eigenvalue weighted by molar-refractivity contribution is -0.113. The van der Waals surface area contributed by atoms with Gasteiger partial charge in [-0.2, -0.15) is 0 Å². The first-order chi connectivity index (χ1) is 12.0. The van der Waals surface area contributed by atoms with Crippen LogP contribution in [0.15, 0.2) is 52.1 Å². The van der Waals surface area contributed by atoms with Gasteiger partial charge in [0.1, 0.15) is 0 Å². The SMILES string of the molecule is Cc1ccc(Cl)cc1NC(=O)CSc1nnc(-c2ccc(Cl)cc2)o1. The van der Waals surface area contributed by atoms with E-state index >= 15 is 0 Å². The van der Waals surface area contributed by atoms with Crippen molar-refractivity contribution in [2.45, 2.75) is 12.1 Å². The van der Waals surface area contributed by atoms with Crippen molar-refractivity contribution < 1.29 is 9.21 Å². The first kappa shape index (κ1) is 17.8. The molecule has 0 aliphatic carbocycles. The van der Waals surface area contributed by atoms with Crippen LogP contribution in [0.5, 0.6) is 0 Å². The molecule has 1 amide bonds. The van der Waals surface area contributed by atoms with Crippen LogP contribution in [0.3, 0.4) is 0 Å². The second kappa shape index (κ2) is 7.91. The molecule has 0 atom stereocenters. The molecular weight excluding hydrogens is 381 g/mol. The molecule has 0 bridgehead atoms. The van der Waals surface area contributed by atoms with Crippen molar-refractivity contribution in [2.24, 2.45) is 0 Å². The average molecular weight is 394 g/mol. The van der Waals surface area contributed by atoms with Crippen LogP contribution in [0, 0.1) is 6.92 Å². The molecular formula is C17H13Cl2N3O2S. The fourth-order valence-electron chi connectivity index (χ4n) is 2.02. The van der Waals surface area contributed by atoms with E-state index in [-0.39, 0.29) is 11.7 Å². The number of hydrogen-bond acceptors (Lipinski definition) is 5. The number of carbonyl (C=O) groups excluding carboxylic acids is 1. The monoisotopic (exact) mass is 393 g/mol. The Morgan fingerprint density at radius 3 is 2.60 bits per heavy atom. The Bertz CT molecular complexity index is 897. The van der Waals surface area contributed by atoms with E-state index in [4.69, 9.17) is 27.6 Å². The Labute approximate surface area is 158 Å². The molecule has 5 nitrogen and oxygen atoms in total. The minimum absolute atomic E-state index is 0.147. The summed E-state index contributed by atoms with van der Waals surface area (Å²) in [7, 11) is 0. The number of benzene rings is 2. The predicted octanol–water partition coefficient (Wildman–Crippen LogP) is 5.08. The van der Waals surface area contributed by atoms with Crippen molar-refractivity contribution in [3.05, 3.63) is 58.1 Å². The van der Waals surface area contributed by atoms with Gasteiger partial charge in [-0.15, -0.1) is 10.2 Å². The highest BCUT2D eigenvalue weighted by atomic mass is 35.5. The van der Waals surface area contributed by atoms with Gasteiger partial charge < -0.3 is 9.73 Å². The summed E-state index contributed by atoms with van der Waals surface area (Å²) in [6.45, 7) is 1.90. The molecule has 0 fully saturated rings. The van der Waals surface area contributed by atoms with E-state index < -0.39 is 0 Å². The average Bonchev–Trinajstić information content (AvgIpc) is 3.06. The van der Waals surface area contributed by atoms with Crippen LogP contribution in [0.4, 0.5) is 5.69 Å². The highest BCUT2D eigenvalue weighted by Crippen LogP contribution is 2.25. The van der Waals surface area contributed by atoms with Crippen molar-refractivity contribution in [3.8, 4) is 11.5 Å². The number of anilines is 1. The summed E-state index contributed by atoms with van der Waals surface area (Å²) in [5.41, 5.74) is 2.39. The summed E-state index contributed by atoms with van der Waals surface area (Å²) < 4.78 is 5.55. The Balaban J connectivity index is 1.59. The van der Waals surface area contributed by atoms with Crippen LogP contribution in [-0.4, -0.2) is 21.9 Å². The van der Waals surface area contributed by atoms with E-state index in [1.54, 1.807) is 36.4 Å². The summed E-state index contributed by atoms with van der Waals surface area (Å²) in [4.78, 5) is 12.1. The van der Waals surface area contributed by atoms with Crippen LogP contribution in [0.2, 0.25) is 10.0 Å². The topological polar surface area (TPSA) is 68.0 Å². The third kappa shape index (κ3) is 4.75. The van der Waals surface area contributed by atoms with Gasteiger partial charge in [0.15, 0.2) is 0 Å². The molecule has 1 heterocycles. The zero-order chi connectivity index (χ0) is 17.8. The van der Waals surface area contributed by atoms with Crippen molar-refractivity contribution in [3.63, 3.8) is 0 Å². The van der Waals surface area contributed by atoms with Crippen molar-refractivity contribution in [1.29, 1.82) is 0 Å². The number of nitrogens with one attached hydrogen (secondary N) is 1. The maximum Gasteiger partial charge on any atom is 0.277 e. The molecule has 128 valence electrons. The molecule has 0 radical (unpaired) electrons. The molecule has 3 rings (SSSR count). The number of rotatable bonds is 5. The normalized spacial score (nSPS) is 10.7. The largest absolute Gasteiger partial charge is 0.411 e. The van der Waals surface area contributed by atoms with E-state index in [0.717, 1.165) is 11.1 Å².